The maximum absolute atomic E-state index is 11.9. The molecule has 0 saturated carbocycles. The number of nitrogens with zero attached hydrogens (tertiary/aromatic N) is 3. The molecule has 1 aromatic heterocycles. The highest BCUT2D eigenvalue weighted by atomic mass is 32.2. The van der Waals surface area contributed by atoms with Gasteiger partial charge >= 0.3 is 5.97 Å². The van der Waals surface area contributed by atoms with Crippen LogP contribution in [0.5, 0.6) is 0 Å². The van der Waals surface area contributed by atoms with E-state index in [-0.39, 0.29) is 12.6 Å². The number of hydrogen-bond donors (Lipinski definition) is 2. The van der Waals surface area contributed by atoms with Gasteiger partial charge in [0.1, 0.15) is 0 Å². The summed E-state index contributed by atoms with van der Waals surface area (Å²) >= 11 is -0.127. The minimum atomic E-state index is -1.61. The second-order valence-corrected chi connectivity index (χ2v) is 6.55. The van der Waals surface area contributed by atoms with E-state index in [0.29, 0.717) is 18.5 Å². The normalized spacial score (nSPS) is 22.4. The summed E-state index contributed by atoms with van der Waals surface area (Å²) in [6.45, 7) is 0.781. The molecule has 10 heteroatoms. The first-order valence-corrected chi connectivity index (χ1v) is 8.64. The number of rotatable bonds is 4. The van der Waals surface area contributed by atoms with E-state index in [1.165, 1.54) is 18.4 Å². The van der Waals surface area contributed by atoms with Crippen molar-refractivity contribution in [2.45, 2.75) is 12.5 Å². The van der Waals surface area contributed by atoms with Gasteiger partial charge in [0.15, 0.2) is 22.0 Å². The summed E-state index contributed by atoms with van der Waals surface area (Å²) < 4.78 is 18.8. The molecule has 1 fully saturated rings. The largest absolute Gasteiger partial charge is 0.466 e. The standard InChI is InChI=1S/C12H15N5O3S2/c1-20-12(18)8-5-15-10(11-14-2-3-21-11)17-6-7(4-9(8)17)16-22(13)19/h2-3,7,16H,4-6,13H2,1H3. The number of methoxy groups -OCH3 is 1. The lowest BCUT2D eigenvalue weighted by atomic mass is 10.1. The van der Waals surface area contributed by atoms with Gasteiger partial charge in [-0.05, 0) is 0 Å². The van der Waals surface area contributed by atoms with Gasteiger partial charge < -0.3 is 9.64 Å². The van der Waals surface area contributed by atoms with Crippen LogP contribution in [0.4, 0.5) is 0 Å². The van der Waals surface area contributed by atoms with Crippen LogP contribution in [0.1, 0.15) is 11.4 Å². The molecule has 2 aliphatic rings. The van der Waals surface area contributed by atoms with Crippen molar-refractivity contribution < 1.29 is 13.7 Å². The number of fused-ring (bicyclic) bond motifs is 1. The molecule has 0 bridgehead atoms. The smallest absolute Gasteiger partial charge is 0.337 e. The summed E-state index contributed by atoms with van der Waals surface area (Å²) in [6.07, 6.45) is 2.25. The van der Waals surface area contributed by atoms with Gasteiger partial charge in [-0.15, -0.1) is 11.3 Å². The molecule has 2 aliphatic heterocycles. The van der Waals surface area contributed by atoms with Crippen LogP contribution in [-0.4, -0.2) is 52.1 Å². The number of thiazole rings is 1. The van der Waals surface area contributed by atoms with Gasteiger partial charge in [-0.1, -0.05) is 0 Å². The third-order valence-corrected chi connectivity index (χ3v) is 4.83. The van der Waals surface area contributed by atoms with Gasteiger partial charge in [0.2, 0.25) is 0 Å². The number of nitrogens with one attached hydrogen (secondary N) is 1. The molecule has 22 heavy (non-hydrogen) atoms. The highest BCUT2D eigenvalue weighted by Gasteiger charge is 2.37. The minimum Gasteiger partial charge on any atom is -0.466 e. The Bertz CT molecular complexity index is 670. The Morgan fingerprint density at radius 3 is 3.09 bits per heavy atom. The zero-order valence-corrected chi connectivity index (χ0v) is 13.4. The van der Waals surface area contributed by atoms with Crippen molar-refractivity contribution >= 4 is 34.3 Å². The van der Waals surface area contributed by atoms with Crippen LogP contribution in [0.2, 0.25) is 0 Å². The van der Waals surface area contributed by atoms with E-state index in [1.54, 1.807) is 6.20 Å². The molecule has 1 aromatic rings. The van der Waals surface area contributed by atoms with E-state index < -0.39 is 17.1 Å². The topological polar surface area (TPSA) is 110 Å². The van der Waals surface area contributed by atoms with Crippen LogP contribution in [0.15, 0.2) is 27.8 Å². The van der Waals surface area contributed by atoms with Crippen LogP contribution in [-0.2, 0) is 20.7 Å². The van der Waals surface area contributed by atoms with Crippen molar-refractivity contribution in [1.29, 1.82) is 0 Å². The van der Waals surface area contributed by atoms with Crippen molar-refractivity contribution in [1.82, 2.24) is 14.6 Å². The lowest BCUT2D eigenvalue weighted by Crippen LogP contribution is -2.39. The summed E-state index contributed by atoms with van der Waals surface area (Å²) in [6, 6.07) is -0.122. The monoisotopic (exact) mass is 341 g/mol. The Morgan fingerprint density at radius 2 is 2.45 bits per heavy atom. The zero-order chi connectivity index (χ0) is 15.7. The Morgan fingerprint density at radius 1 is 1.64 bits per heavy atom. The van der Waals surface area contributed by atoms with Gasteiger partial charge in [0.05, 0.1) is 19.2 Å². The maximum atomic E-state index is 11.9. The third kappa shape index (κ3) is 2.82. The molecular formula is C12H15N5O3S2. The summed E-state index contributed by atoms with van der Waals surface area (Å²) in [4.78, 5) is 22.6. The quantitative estimate of drug-likeness (QED) is 0.720. The Balaban J connectivity index is 1.94. The second-order valence-electron chi connectivity index (χ2n) is 4.82. The van der Waals surface area contributed by atoms with Crippen LogP contribution < -0.4 is 9.86 Å². The highest BCUT2D eigenvalue weighted by Crippen LogP contribution is 2.31. The molecule has 0 radical (unpaired) electrons. The van der Waals surface area contributed by atoms with Crippen LogP contribution >= 0.6 is 11.3 Å². The SMILES string of the molecule is COC(=O)C1=C2CC(NS(N)=O)CN2C(c2nccs2)=NC1. The first-order valence-electron chi connectivity index (χ1n) is 6.54. The molecule has 1 saturated heterocycles. The number of carbonyl (C=O) groups excluding carboxylic acids is 1. The fourth-order valence-corrected chi connectivity index (χ4v) is 3.77. The Hall–Kier alpha value is -1.62. The van der Waals surface area contributed by atoms with Gasteiger partial charge in [0.25, 0.3) is 0 Å². The second kappa shape index (κ2) is 6.24. The molecule has 3 heterocycles. The average Bonchev–Trinajstić information content (AvgIpc) is 3.13. The first-order chi connectivity index (χ1) is 10.6. The summed E-state index contributed by atoms with van der Waals surface area (Å²) in [5.74, 6) is 0.334. The number of aliphatic imine (C=N–C) groups is 1. The van der Waals surface area contributed by atoms with Gasteiger partial charge in [0, 0.05) is 36.3 Å². The average molecular weight is 341 g/mol. The van der Waals surface area contributed by atoms with Gasteiger partial charge in [-0.25, -0.2) is 23.8 Å². The highest BCUT2D eigenvalue weighted by molar-refractivity contribution is 7.80. The van der Waals surface area contributed by atoms with Crippen molar-refractivity contribution in [3.63, 3.8) is 0 Å². The zero-order valence-electron chi connectivity index (χ0n) is 11.8. The summed E-state index contributed by atoms with van der Waals surface area (Å²) in [7, 11) is 1.35. The molecule has 0 amide bonds. The fraction of sp³-hybridized carbons (Fsp3) is 0.417. The minimum absolute atomic E-state index is 0.122. The number of carbonyl (C=O) groups is 1. The molecule has 2 unspecified atom stereocenters. The number of aromatic nitrogens is 1. The Kier molecular flexibility index (Phi) is 4.34. The molecule has 0 spiro atoms. The van der Waals surface area contributed by atoms with E-state index in [9.17, 15) is 9.00 Å². The summed E-state index contributed by atoms with van der Waals surface area (Å²) in [5, 5.41) is 7.97. The molecule has 8 nitrogen and oxygen atoms in total. The van der Waals surface area contributed by atoms with E-state index in [0.717, 1.165) is 16.5 Å². The van der Waals surface area contributed by atoms with Crippen LogP contribution in [0.3, 0.4) is 0 Å². The van der Waals surface area contributed by atoms with Crippen LogP contribution in [0.25, 0.3) is 0 Å². The van der Waals surface area contributed by atoms with E-state index in [2.05, 4.69) is 14.7 Å². The fourth-order valence-electron chi connectivity index (χ4n) is 2.64. The van der Waals surface area contributed by atoms with E-state index in [1.807, 2.05) is 10.3 Å². The predicted octanol–water partition coefficient (Wildman–Crippen LogP) is -0.468. The van der Waals surface area contributed by atoms with Crippen molar-refractivity contribution in [2.75, 3.05) is 20.2 Å². The van der Waals surface area contributed by atoms with Crippen LogP contribution in [0, 0.1) is 0 Å². The van der Waals surface area contributed by atoms with Gasteiger partial charge in [-0.3, -0.25) is 4.99 Å². The van der Waals surface area contributed by atoms with E-state index in [4.69, 9.17) is 9.88 Å². The third-order valence-electron chi connectivity index (χ3n) is 3.50. The molecular weight excluding hydrogens is 326 g/mol. The molecule has 0 aliphatic carbocycles. The lowest BCUT2D eigenvalue weighted by molar-refractivity contribution is -0.136. The number of ether oxygens (including phenoxy) is 1. The van der Waals surface area contributed by atoms with Crippen molar-refractivity contribution in [3.05, 3.63) is 27.9 Å². The van der Waals surface area contributed by atoms with E-state index >= 15 is 0 Å². The predicted molar refractivity (Wildman–Crippen MR) is 83.1 cm³/mol. The first kappa shape index (κ1) is 15.3. The number of esters is 1. The van der Waals surface area contributed by atoms with Crippen molar-refractivity contribution in [2.24, 2.45) is 10.1 Å². The molecule has 0 aromatic carbocycles. The number of amidine groups is 1. The van der Waals surface area contributed by atoms with Crippen molar-refractivity contribution in [3.8, 4) is 0 Å². The maximum Gasteiger partial charge on any atom is 0.337 e. The lowest BCUT2D eigenvalue weighted by Gasteiger charge is -2.26. The molecule has 3 rings (SSSR count). The molecule has 118 valence electrons. The Labute approximate surface area is 133 Å². The van der Waals surface area contributed by atoms with Gasteiger partial charge in [-0.2, -0.15) is 0 Å². The number of nitrogens with two attached hydrogens (primary N) is 1. The number of hydrogen-bond acceptors (Lipinski definition) is 7. The summed E-state index contributed by atoms with van der Waals surface area (Å²) in [5.41, 5.74) is 1.35. The molecule has 3 N–H and O–H groups in total. The molecule has 2 atom stereocenters.